The Morgan fingerprint density at radius 3 is 2.67 bits per heavy atom. The van der Waals surface area contributed by atoms with Gasteiger partial charge in [0.25, 0.3) is 0 Å². The highest BCUT2D eigenvalue weighted by atomic mass is 32.1. The molecule has 1 heterocycles. The van der Waals surface area contributed by atoms with E-state index < -0.39 is 0 Å². The van der Waals surface area contributed by atoms with E-state index in [4.69, 9.17) is 5.73 Å². The van der Waals surface area contributed by atoms with Crippen LogP contribution in [0.4, 0.5) is 0 Å². The van der Waals surface area contributed by atoms with Gasteiger partial charge in [-0.05, 0) is 48.1 Å². The van der Waals surface area contributed by atoms with Gasteiger partial charge in [0.05, 0.1) is 0 Å². The van der Waals surface area contributed by atoms with E-state index >= 15 is 0 Å². The molecule has 0 aromatic carbocycles. The number of hydrogen-bond donors (Lipinski definition) is 1. The molecule has 1 aromatic heterocycles. The SMILES string of the molecule is NC1(CN(Cc2ccsc2)C2CC2)CCCCC1. The number of nitrogens with two attached hydrogens (primary N) is 1. The van der Waals surface area contributed by atoms with Gasteiger partial charge in [-0.25, -0.2) is 0 Å². The molecule has 0 spiro atoms. The standard InChI is InChI=1S/C15H24N2S/c16-15(7-2-1-3-8-15)12-17(14-4-5-14)10-13-6-9-18-11-13/h6,9,11,14H,1-5,7-8,10,12,16H2. The Kier molecular flexibility index (Phi) is 3.73. The molecule has 2 fully saturated rings. The molecule has 0 saturated heterocycles. The van der Waals surface area contributed by atoms with E-state index in [1.54, 1.807) is 11.3 Å². The normalized spacial score (nSPS) is 23.4. The molecule has 3 rings (SSSR count). The maximum absolute atomic E-state index is 6.62. The molecule has 18 heavy (non-hydrogen) atoms. The zero-order valence-electron chi connectivity index (χ0n) is 11.1. The van der Waals surface area contributed by atoms with Crippen molar-refractivity contribution in [1.29, 1.82) is 0 Å². The van der Waals surface area contributed by atoms with Gasteiger partial charge in [-0.2, -0.15) is 11.3 Å². The van der Waals surface area contributed by atoms with E-state index in [0.29, 0.717) is 0 Å². The second kappa shape index (κ2) is 5.32. The molecule has 0 bridgehead atoms. The third-order valence-electron chi connectivity index (χ3n) is 4.40. The average molecular weight is 264 g/mol. The van der Waals surface area contributed by atoms with E-state index in [9.17, 15) is 0 Å². The highest BCUT2D eigenvalue weighted by Crippen LogP contribution is 2.33. The van der Waals surface area contributed by atoms with Gasteiger partial charge in [0.2, 0.25) is 0 Å². The lowest BCUT2D eigenvalue weighted by Gasteiger charge is -2.38. The van der Waals surface area contributed by atoms with Crippen LogP contribution >= 0.6 is 11.3 Å². The molecule has 0 amide bonds. The van der Waals surface area contributed by atoms with Crippen molar-refractivity contribution in [2.75, 3.05) is 6.54 Å². The van der Waals surface area contributed by atoms with Crippen molar-refractivity contribution in [3.63, 3.8) is 0 Å². The summed E-state index contributed by atoms with van der Waals surface area (Å²) in [5.41, 5.74) is 8.17. The molecule has 1 aromatic rings. The average Bonchev–Trinajstić information content (AvgIpc) is 3.09. The van der Waals surface area contributed by atoms with E-state index in [0.717, 1.165) is 19.1 Å². The predicted octanol–water partition coefficient (Wildman–Crippen LogP) is 3.37. The third-order valence-corrected chi connectivity index (χ3v) is 5.13. The van der Waals surface area contributed by atoms with Gasteiger partial charge in [-0.15, -0.1) is 0 Å². The van der Waals surface area contributed by atoms with Crippen LogP contribution in [0.3, 0.4) is 0 Å². The molecular formula is C15H24N2S. The Balaban J connectivity index is 1.62. The molecule has 2 N–H and O–H groups in total. The summed E-state index contributed by atoms with van der Waals surface area (Å²) >= 11 is 1.80. The minimum absolute atomic E-state index is 0.0941. The topological polar surface area (TPSA) is 29.3 Å². The van der Waals surface area contributed by atoms with Crippen molar-refractivity contribution in [3.8, 4) is 0 Å². The van der Waals surface area contributed by atoms with Gasteiger partial charge in [-0.1, -0.05) is 19.3 Å². The molecule has 2 aliphatic rings. The molecule has 3 heteroatoms. The highest BCUT2D eigenvalue weighted by molar-refractivity contribution is 7.07. The Labute approximate surface area is 114 Å². The van der Waals surface area contributed by atoms with Gasteiger partial charge in [-0.3, -0.25) is 4.90 Å². The van der Waals surface area contributed by atoms with Crippen LogP contribution in [0.2, 0.25) is 0 Å². The van der Waals surface area contributed by atoms with Crippen LogP contribution in [0, 0.1) is 0 Å². The fraction of sp³-hybridized carbons (Fsp3) is 0.733. The van der Waals surface area contributed by atoms with Crippen molar-refractivity contribution < 1.29 is 0 Å². The molecule has 0 unspecified atom stereocenters. The molecular weight excluding hydrogens is 240 g/mol. The Morgan fingerprint density at radius 2 is 2.06 bits per heavy atom. The van der Waals surface area contributed by atoms with Crippen LogP contribution < -0.4 is 5.73 Å². The van der Waals surface area contributed by atoms with Crippen molar-refractivity contribution in [2.45, 2.75) is 63.1 Å². The van der Waals surface area contributed by atoms with Gasteiger partial charge in [0, 0.05) is 24.7 Å². The molecule has 2 aliphatic carbocycles. The fourth-order valence-corrected chi connectivity index (χ4v) is 3.85. The molecule has 2 saturated carbocycles. The molecule has 100 valence electrons. The number of thiophene rings is 1. The minimum Gasteiger partial charge on any atom is -0.324 e. The van der Waals surface area contributed by atoms with Crippen LogP contribution in [-0.4, -0.2) is 23.0 Å². The van der Waals surface area contributed by atoms with Crippen LogP contribution in [0.25, 0.3) is 0 Å². The number of hydrogen-bond acceptors (Lipinski definition) is 3. The molecule has 0 aliphatic heterocycles. The zero-order chi connectivity index (χ0) is 12.4. The lowest BCUT2D eigenvalue weighted by Crippen LogP contribution is -2.51. The second-order valence-corrected chi connectivity index (χ2v) is 6.97. The summed E-state index contributed by atoms with van der Waals surface area (Å²) in [6.07, 6.45) is 9.23. The highest BCUT2D eigenvalue weighted by Gasteiger charge is 2.36. The monoisotopic (exact) mass is 264 g/mol. The Hall–Kier alpha value is -0.380. The summed E-state index contributed by atoms with van der Waals surface area (Å²) in [6, 6.07) is 3.07. The van der Waals surface area contributed by atoms with Crippen molar-refractivity contribution in [1.82, 2.24) is 4.90 Å². The maximum atomic E-state index is 6.62. The summed E-state index contributed by atoms with van der Waals surface area (Å²) in [6.45, 7) is 2.21. The first kappa shape index (κ1) is 12.6. The van der Waals surface area contributed by atoms with E-state index in [1.807, 2.05) is 0 Å². The largest absolute Gasteiger partial charge is 0.324 e. The van der Waals surface area contributed by atoms with Crippen molar-refractivity contribution >= 4 is 11.3 Å². The van der Waals surface area contributed by atoms with Gasteiger partial charge in [0.1, 0.15) is 0 Å². The second-order valence-electron chi connectivity index (χ2n) is 6.19. The minimum atomic E-state index is 0.0941. The third kappa shape index (κ3) is 3.14. The van der Waals surface area contributed by atoms with Crippen molar-refractivity contribution in [3.05, 3.63) is 22.4 Å². The van der Waals surface area contributed by atoms with Gasteiger partial charge >= 0.3 is 0 Å². The van der Waals surface area contributed by atoms with E-state index in [-0.39, 0.29) is 5.54 Å². The van der Waals surface area contributed by atoms with E-state index in [1.165, 1.54) is 50.5 Å². The van der Waals surface area contributed by atoms with E-state index in [2.05, 4.69) is 21.7 Å². The first-order valence-corrected chi connectivity index (χ1v) is 8.23. The smallest absolute Gasteiger partial charge is 0.0283 e. The Morgan fingerprint density at radius 1 is 1.28 bits per heavy atom. The van der Waals surface area contributed by atoms with Gasteiger partial charge in [0.15, 0.2) is 0 Å². The molecule has 0 atom stereocenters. The van der Waals surface area contributed by atoms with Gasteiger partial charge < -0.3 is 5.73 Å². The Bertz CT molecular complexity index is 364. The zero-order valence-corrected chi connectivity index (χ0v) is 11.9. The van der Waals surface area contributed by atoms with Crippen LogP contribution in [0.1, 0.15) is 50.5 Å². The van der Waals surface area contributed by atoms with Crippen LogP contribution in [0.15, 0.2) is 16.8 Å². The summed E-state index contributed by atoms with van der Waals surface area (Å²) in [5, 5.41) is 4.46. The molecule has 2 nitrogen and oxygen atoms in total. The quantitative estimate of drug-likeness (QED) is 0.883. The first-order chi connectivity index (χ1) is 8.75. The number of rotatable bonds is 5. The predicted molar refractivity (Wildman–Crippen MR) is 77.8 cm³/mol. The summed E-state index contributed by atoms with van der Waals surface area (Å²) in [5.74, 6) is 0. The lowest BCUT2D eigenvalue weighted by atomic mass is 9.82. The summed E-state index contributed by atoms with van der Waals surface area (Å²) in [4.78, 5) is 2.65. The van der Waals surface area contributed by atoms with Crippen LogP contribution in [-0.2, 0) is 6.54 Å². The van der Waals surface area contributed by atoms with Crippen molar-refractivity contribution in [2.24, 2.45) is 5.73 Å². The lowest BCUT2D eigenvalue weighted by molar-refractivity contribution is 0.159. The summed E-state index contributed by atoms with van der Waals surface area (Å²) in [7, 11) is 0. The maximum Gasteiger partial charge on any atom is 0.0283 e. The first-order valence-electron chi connectivity index (χ1n) is 7.29. The van der Waals surface area contributed by atoms with Crippen LogP contribution in [0.5, 0.6) is 0 Å². The summed E-state index contributed by atoms with van der Waals surface area (Å²) < 4.78 is 0. The fourth-order valence-electron chi connectivity index (χ4n) is 3.19. The molecule has 0 radical (unpaired) electrons. The number of nitrogens with zero attached hydrogens (tertiary/aromatic N) is 1.